The fourth-order valence-corrected chi connectivity index (χ4v) is 4.55. The second-order valence-corrected chi connectivity index (χ2v) is 10.0. The van der Waals surface area contributed by atoms with Gasteiger partial charge in [-0.2, -0.15) is 0 Å². The van der Waals surface area contributed by atoms with E-state index >= 15 is 0 Å². The van der Waals surface area contributed by atoms with E-state index in [4.69, 9.17) is 38.4 Å². The molecule has 0 radical (unpaired) electrons. The molecule has 202 valence electrons. The van der Waals surface area contributed by atoms with Crippen molar-refractivity contribution in [3.8, 4) is 5.75 Å². The molecule has 2 N–H and O–H groups in total. The number of unbranched alkanes of at least 4 members (excludes halogenated alkanes) is 1. The van der Waals surface area contributed by atoms with E-state index in [0.717, 1.165) is 56.8 Å². The number of nitrogens with zero attached hydrogens (tertiary/aromatic N) is 3. The summed E-state index contributed by atoms with van der Waals surface area (Å²) in [5, 5.41) is 1.20. The molecule has 0 aliphatic carbocycles. The molecule has 1 saturated heterocycles. The molecule has 3 rings (SSSR count). The number of benzene rings is 2. The van der Waals surface area contributed by atoms with E-state index in [1.807, 2.05) is 37.3 Å². The molecule has 10 heteroatoms. The smallest absolute Gasteiger partial charge is 0.324 e. The lowest BCUT2D eigenvalue weighted by Crippen LogP contribution is -2.46. The number of halogens is 2. The highest BCUT2D eigenvalue weighted by Gasteiger charge is 2.20. The summed E-state index contributed by atoms with van der Waals surface area (Å²) in [7, 11) is 0. The van der Waals surface area contributed by atoms with E-state index in [1.165, 1.54) is 18.7 Å². The molecule has 1 aliphatic rings. The highest BCUT2D eigenvalue weighted by molar-refractivity contribution is 6.43. The maximum Gasteiger partial charge on any atom is 0.324 e. The first-order valence-corrected chi connectivity index (χ1v) is 13.3. The Morgan fingerprint density at radius 1 is 1.11 bits per heavy atom. The summed E-state index contributed by atoms with van der Waals surface area (Å²) in [5.41, 5.74) is 8.05. The van der Waals surface area contributed by atoms with Crippen LogP contribution in [0, 0.1) is 6.92 Å². The molecular weight excluding hydrogens is 515 g/mol. The Balaban J connectivity index is 1.43. The van der Waals surface area contributed by atoms with Crippen molar-refractivity contribution in [2.24, 2.45) is 5.73 Å². The number of esters is 1. The number of aryl methyl sites for hydroxylation is 1. The van der Waals surface area contributed by atoms with Gasteiger partial charge in [-0.15, -0.1) is 0 Å². The minimum absolute atomic E-state index is 0.198. The van der Waals surface area contributed by atoms with Crippen molar-refractivity contribution in [2.75, 3.05) is 55.9 Å². The molecule has 2 aromatic rings. The minimum Gasteiger partial charge on any atom is -0.494 e. The van der Waals surface area contributed by atoms with Gasteiger partial charge < -0.3 is 20.1 Å². The first-order valence-electron chi connectivity index (χ1n) is 12.5. The Bertz CT molecular complexity index is 1070. The third-order valence-electron chi connectivity index (χ3n) is 6.34. The number of hydrogen-bond donors (Lipinski definition) is 1. The summed E-state index contributed by atoms with van der Waals surface area (Å²) in [6, 6.07) is 10.6. The van der Waals surface area contributed by atoms with Gasteiger partial charge in [0.25, 0.3) is 0 Å². The van der Waals surface area contributed by atoms with E-state index in [-0.39, 0.29) is 12.6 Å². The van der Waals surface area contributed by atoms with E-state index in [0.29, 0.717) is 28.1 Å². The fraction of sp³-hybridized carbons (Fsp3) is 0.481. The number of amides is 1. The van der Waals surface area contributed by atoms with Gasteiger partial charge in [-0.1, -0.05) is 35.3 Å². The standard InChI is InChI=1S/C27H36Cl2N4O4/c1-19-9-10-22(17-25(19)33(21(3)34)18-37-27(35)20(2)30)36-16-5-4-11-31-12-14-32(15-13-31)24-8-6-7-23(28)26(24)29/h6-10,17,20H,4-5,11-16,18,30H2,1-3H3. The summed E-state index contributed by atoms with van der Waals surface area (Å²) >= 11 is 12.5. The van der Waals surface area contributed by atoms with Crippen LogP contribution in [-0.4, -0.2) is 68.9 Å². The van der Waals surface area contributed by atoms with Gasteiger partial charge >= 0.3 is 5.97 Å². The Labute approximate surface area is 229 Å². The van der Waals surface area contributed by atoms with Crippen molar-refractivity contribution < 1.29 is 19.1 Å². The number of rotatable bonds is 11. The zero-order chi connectivity index (χ0) is 26.9. The molecule has 1 heterocycles. The van der Waals surface area contributed by atoms with Crippen LogP contribution in [0.5, 0.6) is 5.75 Å². The Morgan fingerprint density at radius 3 is 2.51 bits per heavy atom. The number of hydrogen-bond acceptors (Lipinski definition) is 7. The first kappa shape index (κ1) is 29.0. The second kappa shape index (κ2) is 13.9. The molecule has 1 aliphatic heterocycles. The average Bonchev–Trinajstić information content (AvgIpc) is 2.87. The molecule has 37 heavy (non-hydrogen) atoms. The lowest BCUT2D eigenvalue weighted by Gasteiger charge is -2.36. The van der Waals surface area contributed by atoms with Crippen LogP contribution in [0.1, 0.15) is 32.3 Å². The van der Waals surface area contributed by atoms with Crippen LogP contribution < -0.4 is 20.3 Å². The highest BCUT2D eigenvalue weighted by Crippen LogP contribution is 2.33. The maximum atomic E-state index is 12.2. The summed E-state index contributed by atoms with van der Waals surface area (Å²) < 4.78 is 11.1. The van der Waals surface area contributed by atoms with Gasteiger partial charge in [-0.05, 0) is 57.0 Å². The van der Waals surface area contributed by atoms with Crippen LogP contribution in [0.15, 0.2) is 36.4 Å². The monoisotopic (exact) mass is 550 g/mol. The Kier molecular flexibility index (Phi) is 10.9. The molecule has 0 bridgehead atoms. The molecule has 1 atom stereocenters. The van der Waals surface area contributed by atoms with Crippen molar-refractivity contribution in [3.05, 3.63) is 52.0 Å². The topological polar surface area (TPSA) is 88.3 Å². The van der Waals surface area contributed by atoms with Gasteiger partial charge in [0.15, 0.2) is 6.73 Å². The van der Waals surface area contributed by atoms with Crippen LogP contribution in [0.3, 0.4) is 0 Å². The maximum absolute atomic E-state index is 12.2. The molecule has 1 unspecified atom stereocenters. The number of ether oxygens (including phenoxy) is 2. The van der Waals surface area contributed by atoms with Crippen molar-refractivity contribution >= 4 is 46.5 Å². The number of piperazine rings is 1. The third kappa shape index (κ3) is 8.23. The molecule has 0 spiro atoms. The zero-order valence-corrected chi connectivity index (χ0v) is 23.2. The predicted octanol–water partition coefficient (Wildman–Crippen LogP) is 4.48. The number of anilines is 2. The summed E-state index contributed by atoms with van der Waals surface area (Å²) in [4.78, 5) is 30.1. The van der Waals surface area contributed by atoms with E-state index in [1.54, 1.807) is 6.07 Å². The van der Waals surface area contributed by atoms with Gasteiger partial charge in [-0.25, -0.2) is 0 Å². The van der Waals surface area contributed by atoms with Gasteiger partial charge in [0.1, 0.15) is 11.8 Å². The molecule has 0 saturated carbocycles. The molecular formula is C27H36Cl2N4O4. The molecule has 1 amide bonds. The quantitative estimate of drug-likeness (QED) is 0.250. The molecule has 8 nitrogen and oxygen atoms in total. The Hall–Kier alpha value is -2.52. The minimum atomic E-state index is -0.755. The Morgan fingerprint density at radius 2 is 1.84 bits per heavy atom. The molecule has 0 aromatic heterocycles. The van der Waals surface area contributed by atoms with Crippen LogP contribution in [0.2, 0.25) is 10.0 Å². The number of carbonyl (C=O) groups excluding carboxylic acids is 2. The largest absolute Gasteiger partial charge is 0.494 e. The lowest BCUT2D eigenvalue weighted by molar-refractivity contribution is -0.145. The van der Waals surface area contributed by atoms with Crippen LogP contribution >= 0.6 is 23.2 Å². The van der Waals surface area contributed by atoms with Crippen molar-refractivity contribution in [3.63, 3.8) is 0 Å². The highest BCUT2D eigenvalue weighted by atomic mass is 35.5. The average molecular weight is 552 g/mol. The number of carbonyl (C=O) groups is 2. The second-order valence-electron chi connectivity index (χ2n) is 9.23. The normalized spacial score (nSPS) is 14.8. The number of nitrogens with two attached hydrogens (primary N) is 1. The van der Waals surface area contributed by atoms with Crippen molar-refractivity contribution in [1.29, 1.82) is 0 Å². The van der Waals surface area contributed by atoms with Crippen LogP contribution in [0.25, 0.3) is 0 Å². The third-order valence-corrected chi connectivity index (χ3v) is 7.15. The van der Waals surface area contributed by atoms with E-state index < -0.39 is 12.0 Å². The van der Waals surface area contributed by atoms with Gasteiger partial charge in [0, 0.05) is 39.2 Å². The van der Waals surface area contributed by atoms with Crippen LogP contribution in [0.4, 0.5) is 11.4 Å². The van der Waals surface area contributed by atoms with E-state index in [9.17, 15) is 9.59 Å². The van der Waals surface area contributed by atoms with Crippen LogP contribution in [-0.2, 0) is 14.3 Å². The molecule has 2 aromatic carbocycles. The summed E-state index contributed by atoms with van der Waals surface area (Å²) in [5.74, 6) is -0.140. The molecule has 1 fully saturated rings. The van der Waals surface area contributed by atoms with Gasteiger partial charge in [0.2, 0.25) is 5.91 Å². The zero-order valence-electron chi connectivity index (χ0n) is 21.7. The summed E-state index contributed by atoms with van der Waals surface area (Å²) in [6.45, 7) is 10.00. The van der Waals surface area contributed by atoms with E-state index in [2.05, 4.69) is 9.80 Å². The van der Waals surface area contributed by atoms with Crippen molar-refractivity contribution in [2.45, 2.75) is 39.7 Å². The first-order chi connectivity index (χ1) is 17.7. The predicted molar refractivity (Wildman–Crippen MR) is 149 cm³/mol. The van der Waals surface area contributed by atoms with Gasteiger partial charge in [0.05, 0.1) is 28.0 Å². The van der Waals surface area contributed by atoms with Crippen molar-refractivity contribution in [1.82, 2.24) is 4.90 Å². The fourth-order valence-electron chi connectivity index (χ4n) is 4.14. The summed E-state index contributed by atoms with van der Waals surface area (Å²) in [6.07, 6.45) is 1.93. The van der Waals surface area contributed by atoms with Gasteiger partial charge in [-0.3, -0.25) is 19.4 Å². The lowest BCUT2D eigenvalue weighted by atomic mass is 10.1. The SMILES string of the molecule is CC(=O)N(COC(=O)C(C)N)c1cc(OCCCCN2CCN(c3cccc(Cl)c3Cl)CC2)ccc1C.